The number of esters is 1. The first-order valence-corrected chi connectivity index (χ1v) is 7.36. The summed E-state index contributed by atoms with van der Waals surface area (Å²) in [5.41, 5.74) is 5.23. The number of hydrogen-bond donors (Lipinski definition) is 2. The molecule has 0 saturated heterocycles. The molecular formula is C11H15ClN2O4S. The second kappa shape index (κ2) is 6.85. The van der Waals surface area contributed by atoms with E-state index in [0.717, 1.165) is 0 Å². The van der Waals surface area contributed by atoms with Gasteiger partial charge in [0.05, 0.1) is 17.6 Å². The summed E-state index contributed by atoms with van der Waals surface area (Å²) >= 11 is 5.77. The van der Waals surface area contributed by atoms with Crippen LogP contribution >= 0.6 is 11.6 Å². The van der Waals surface area contributed by atoms with Gasteiger partial charge in [0, 0.05) is 11.6 Å². The number of nitrogens with one attached hydrogen (secondary N) is 1. The van der Waals surface area contributed by atoms with E-state index in [9.17, 15) is 13.2 Å². The SMILES string of the molecule is COC(=O)c1ccc(Cl)cc1S(=O)(=O)NCCCN. The lowest BCUT2D eigenvalue weighted by Gasteiger charge is -2.10. The van der Waals surface area contributed by atoms with Gasteiger partial charge in [-0.2, -0.15) is 0 Å². The van der Waals surface area contributed by atoms with Crippen LogP contribution in [0.2, 0.25) is 5.02 Å². The highest BCUT2D eigenvalue weighted by molar-refractivity contribution is 7.89. The number of sulfonamides is 1. The summed E-state index contributed by atoms with van der Waals surface area (Å²) in [5, 5.41) is 0.215. The van der Waals surface area contributed by atoms with E-state index in [1.54, 1.807) is 0 Å². The van der Waals surface area contributed by atoms with Crippen LogP contribution in [0, 0.1) is 0 Å². The lowest BCUT2D eigenvalue weighted by molar-refractivity contribution is 0.0596. The molecule has 106 valence electrons. The van der Waals surface area contributed by atoms with Gasteiger partial charge in [0.25, 0.3) is 0 Å². The summed E-state index contributed by atoms with van der Waals surface area (Å²) < 4.78 is 31.1. The number of hydrogen-bond acceptors (Lipinski definition) is 5. The van der Waals surface area contributed by atoms with Gasteiger partial charge in [0.1, 0.15) is 0 Å². The minimum atomic E-state index is -3.83. The zero-order valence-corrected chi connectivity index (χ0v) is 11.9. The predicted molar refractivity (Wildman–Crippen MR) is 71.7 cm³/mol. The monoisotopic (exact) mass is 306 g/mol. The fourth-order valence-electron chi connectivity index (χ4n) is 1.38. The van der Waals surface area contributed by atoms with Crippen molar-refractivity contribution in [2.24, 2.45) is 5.73 Å². The molecule has 0 spiro atoms. The Morgan fingerprint density at radius 3 is 2.74 bits per heavy atom. The van der Waals surface area contributed by atoms with Crippen molar-refractivity contribution < 1.29 is 17.9 Å². The summed E-state index contributed by atoms with van der Waals surface area (Å²) in [5.74, 6) is -0.740. The Labute approximate surface area is 116 Å². The average Bonchev–Trinajstić information content (AvgIpc) is 2.38. The Balaban J connectivity index is 3.16. The molecule has 0 aliphatic rings. The molecule has 1 aromatic carbocycles. The lowest BCUT2D eigenvalue weighted by atomic mass is 10.2. The van der Waals surface area contributed by atoms with E-state index in [1.165, 1.54) is 25.3 Å². The average molecular weight is 307 g/mol. The van der Waals surface area contributed by atoms with Gasteiger partial charge in [0.15, 0.2) is 0 Å². The van der Waals surface area contributed by atoms with Crippen molar-refractivity contribution in [2.45, 2.75) is 11.3 Å². The number of ether oxygens (including phenoxy) is 1. The Kier molecular flexibility index (Phi) is 5.74. The molecule has 0 aliphatic carbocycles. The fraction of sp³-hybridized carbons (Fsp3) is 0.364. The molecule has 1 rings (SSSR count). The topological polar surface area (TPSA) is 98.5 Å². The van der Waals surface area contributed by atoms with Crippen molar-refractivity contribution >= 4 is 27.6 Å². The van der Waals surface area contributed by atoms with E-state index < -0.39 is 16.0 Å². The van der Waals surface area contributed by atoms with Crippen LogP contribution in [0.25, 0.3) is 0 Å². The second-order valence-corrected chi connectivity index (χ2v) is 5.84. The minimum absolute atomic E-state index is 0.0628. The van der Waals surface area contributed by atoms with Crippen LogP contribution in [0.1, 0.15) is 16.8 Å². The van der Waals surface area contributed by atoms with Gasteiger partial charge in [-0.25, -0.2) is 17.9 Å². The van der Waals surface area contributed by atoms with Crippen LogP contribution in [0.15, 0.2) is 23.1 Å². The first-order valence-electron chi connectivity index (χ1n) is 5.50. The lowest BCUT2D eigenvalue weighted by Crippen LogP contribution is -2.27. The fourth-order valence-corrected chi connectivity index (χ4v) is 2.91. The summed E-state index contributed by atoms with van der Waals surface area (Å²) in [6, 6.07) is 3.94. The zero-order valence-electron chi connectivity index (χ0n) is 10.3. The standard InChI is InChI=1S/C11H15ClN2O4S/c1-18-11(15)9-4-3-8(12)7-10(9)19(16,17)14-6-2-5-13/h3-4,7,14H,2,5-6,13H2,1H3. The summed E-state index contributed by atoms with van der Waals surface area (Å²) in [6.07, 6.45) is 0.493. The Morgan fingerprint density at radius 2 is 2.16 bits per heavy atom. The van der Waals surface area contributed by atoms with Crippen molar-refractivity contribution in [3.8, 4) is 0 Å². The van der Waals surface area contributed by atoms with Crippen LogP contribution in [0.4, 0.5) is 0 Å². The molecule has 0 amide bonds. The molecule has 0 saturated carbocycles. The Bertz CT molecular complexity index is 560. The van der Waals surface area contributed by atoms with Crippen LogP contribution < -0.4 is 10.5 Å². The van der Waals surface area contributed by atoms with Gasteiger partial charge < -0.3 is 10.5 Å². The van der Waals surface area contributed by atoms with E-state index in [1.807, 2.05) is 0 Å². The van der Waals surface area contributed by atoms with E-state index in [0.29, 0.717) is 13.0 Å². The van der Waals surface area contributed by atoms with Crippen molar-refractivity contribution in [1.29, 1.82) is 0 Å². The van der Waals surface area contributed by atoms with Gasteiger partial charge in [-0.15, -0.1) is 0 Å². The van der Waals surface area contributed by atoms with Crippen LogP contribution in [0.5, 0.6) is 0 Å². The van der Waals surface area contributed by atoms with Crippen molar-refractivity contribution in [3.63, 3.8) is 0 Å². The highest BCUT2D eigenvalue weighted by atomic mass is 35.5. The number of benzene rings is 1. The molecule has 0 radical (unpaired) electrons. The maximum absolute atomic E-state index is 12.1. The van der Waals surface area contributed by atoms with Crippen molar-refractivity contribution in [2.75, 3.05) is 20.2 Å². The van der Waals surface area contributed by atoms with Crippen LogP contribution in [0.3, 0.4) is 0 Å². The van der Waals surface area contributed by atoms with Gasteiger partial charge in [-0.3, -0.25) is 0 Å². The third-order valence-electron chi connectivity index (χ3n) is 2.31. The molecule has 0 atom stereocenters. The smallest absolute Gasteiger partial charge is 0.339 e. The molecule has 19 heavy (non-hydrogen) atoms. The van der Waals surface area contributed by atoms with Gasteiger partial charge in [-0.05, 0) is 31.2 Å². The molecule has 6 nitrogen and oxygen atoms in total. The van der Waals surface area contributed by atoms with Crippen molar-refractivity contribution in [3.05, 3.63) is 28.8 Å². The number of halogens is 1. The highest BCUT2D eigenvalue weighted by Gasteiger charge is 2.23. The Morgan fingerprint density at radius 1 is 1.47 bits per heavy atom. The normalized spacial score (nSPS) is 11.3. The van der Waals surface area contributed by atoms with Crippen LogP contribution in [-0.4, -0.2) is 34.6 Å². The largest absolute Gasteiger partial charge is 0.465 e. The summed E-state index contributed by atoms with van der Waals surface area (Å²) in [4.78, 5) is 11.3. The van der Waals surface area contributed by atoms with Gasteiger partial charge >= 0.3 is 5.97 Å². The molecule has 0 heterocycles. The molecule has 0 aliphatic heterocycles. The van der Waals surface area contributed by atoms with Gasteiger partial charge in [-0.1, -0.05) is 11.6 Å². The van der Waals surface area contributed by atoms with E-state index in [-0.39, 0.29) is 22.0 Å². The quantitative estimate of drug-likeness (QED) is 0.597. The molecule has 3 N–H and O–H groups in total. The minimum Gasteiger partial charge on any atom is -0.465 e. The molecule has 1 aromatic rings. The molecular weight excluding hydrogens is 292 g/mol. The molecule has 0 unspecified atom stereocenters. The predicted octanol–water partition coefficient (Wildman–Crippen LogP) is 0.754. The third-order valence-corrected chi connectivity index (χ3v) is 4.05. The summed E-state index contributed by atoms with van der Waals surface area (Å²) in [6.45, 7) is 0.549. The number of rotatable bonds is 6. The maximum Gasteiger partial charge on any atom is 0.339 e. The second-order valence-electron chi connectivity index (χ2n) is 3.67. The van der Waals surface area contributed by atoms with Gasteiger partial charge in [0.2, 0.25) is 10.0 Å². The van der Waals surface area contributed by atoms with Crippen molar-refractivity contribution in [1.82, 2.24) is 4.72 Å². The summed E-state index contributed by atoms with van der Waals surface area (Å²) in [7, 11) is -2.66. The first kappa shape index (κ1) is 15.9. The van der Waals surface area contributed by atoms with Crippen LogP contribution in [-0.2, 0) is 14.8 Å². The Hall–Kier alpha value is -1.15. The van der Waals surface area contributed by atoms with E-state index in [4.69, 9.17) is 17.3 Å². The van der Waals surface area contributed by atoms with E-state index >= 15 is 0 Å². The first-order chi connectivity index (χ1) is 8.92. The molecule has 0 bridgehead atoms. The van der Waals surface area contributed by atoms with E-state index in [2.05, 4.69) is 9.46 Å². The maximum atomic E-state index is 12.1. The number of carbonyl (C=O) groups excluding carboxylic acids is 1. The highest BCUT2D eigenvalue weighted by Crippen LogP contribution is 2.21. The number of methoxy groups -OCH3 is 1. The molecule has 8 heteroatoms. The molecule has 0 aromatic heterocycles. The number of carbonyl (C=O) groups is 1. The number of nitrogens with two attached hydrogens (primary N) is 1. The third kappa shape index (κ3) is 4.17. The molecule has 0 fully saturated rings. The zero-order chi connectivity index (χ0) is 14.5.